The summed E-state index contributed by atoms with van der Waals surface area (Å²) in [6.45, 7) is 0. The fourth-order valence-corrected chi connectivity index (χ4v) is 0. The number of rotatable bonds is 0. The molecule has 0 saturated heterocycles. The molecule has 0 spiro atoms. The van der Waals surface area contributed by atoms with Crippen molar-refractivity contribution in [3.63, 3.8) is 0 Å². The van der Waals surface area contributed by atoms with Gasteiger partial charge in [0, 0.05) is 0 Å². The molecule has 4 heavy (non-hydrogen) atoms. The van der Waals surface area contributed by atoms with Gasteiger partial charge in [-0.05, 0) is 0 Å². The van der Waals surface area contributed by atoms with E-state index < -0.39 is 0 Å². The van der Waals surface area contributed by atoms with E-state index in [2.05, 4.69) is 0 Å². The Morgan fingerprint density at radius 3 is 1.50 bits per heavy atom. The summed E-state index contributed by atoms with van der Waals surface area (Å²) in [5, 5.41) is 14.8. The predicted octanol–water partition coefficient (Wildman–Crippen LogP) is -0.850. The van der Waals surface area contributed by atoms with Gasteiger partial charge >= 0.3 is 31.1 Å². The van der Waals surface area contributed by atoms with Crippen LogP contribution in [0.15, 0.2) is 0 Å². The van der Waals surface area contributed by atoms with Gasteiger partial charge in [-0.25, -0.2) is 0 Å². The number of hydrogen-bond acceptors (Lipinski definition) is 3. The quantitative estimate of drug-likeness (QED) is 0.291. The van der Waals surface area contributed by atoms with E-state index in [1.54, 1.807) is 16.5 Å². The van der Waals surface area contributed by atoms with E-state index in [0.717, 1.165) is 0 Å². The van der Waals surface area contributed by atoms with Gasteiger partial charge in [0.2, 0.25) is 0 Å². The third-order valence-corrected chi connectivity index (χ3v) is 0. The minimum atomic E-state index is -0.0833. The normalized spacial score (nSPS) is 9.25. The standard InChI is InChI=1S/Al.H2NO2/c;2-1-3/h;2-3H/q+3;-1. The second kappa shape index (κ2) is 1.71. The fourth-order valence-electron chi connectivity index (χ4n) is 0. The first-order chi connectivity index (χ1) is 1.73. The molecule has 0 aliphatic heterocycles. The summed E-state index contributed by atoms with van der Waals surface area (Å²) in [5.74, 6) is 0. The number of nitrogens with zero attached hydrogens (tertiary/aromatic N) is 1. The van der Waals surface area contributed by atoms with Crippen molar-refractivity contribution in [2.24, 2.45) is 0 Å². The molecule has 0 unspecified atom stereocenters. The summed E-state index contributed by atoms with van der Waals surface area (Å²) in [6, 6.07) is 0. The first-order valence-corrected chi connectivity index (χ1v) is 1.17. The second-order valence-corrected chi connectivity index (χ2v) is 0.782. The van der Waals surface area contributed by atoms with Gasteiger partial charge in [-0.15, -0.1) is 0 Å². The molecule has 0 aromatic rings. The molecule has 0 bridgehead atoms. The van der Waals surface area contributed by atoms with Crippen LogP contribution >= 0.6 is 0 Å². The molecule has 0 aliphatic rings. The summed E-state index contributed by atoms with van der Waals surface area (Å²) >= 11 is 1.60. The average molecular weight is 75.0 g/mol. The van der Waals surface area contributed by atoms with E-state index in [-0.39, 0.29) is 4.21 Å². The van der Waals surface area contributed by atoms with Gasteiger partial charge in [-0.2, -0.15) is 0 Å². The van der Waals surface area contributed by atoms with E-state index in [4.69, 9.17) is 10.4 Å². The Balaban J connectivity index is 2.32. The summed E-state index contributed by atoms with van der Waals surface area (Å²) in [4.78, 5) is 0. The van der Waals surface area contributed by atoms with Crippen LogP contribution in [-0.2, 0) is 0 Å². The third kappa shape index (κ3) is 28.3. The topological polar surface area (TPSA) is 43.7 Å². The summed E-state index contributed by atoms with van der Waals surface area (Å²) < 4.78 is -0.0833. The van der Waals surface area contributed by atoms with Crippen molar-refractivity contribution in [2.45, 2.75) is 0 Å². The molecular weight excluding hydrogens is 73.0 g/mol. The molecule has 0 saturated carbocycles. The van der Waals surface area contributed by atoms with E-state index in [0.29, 0.717) is 0 Å². The van der Waals surface area contributed by atoms with E-state index in [9.17, 15) is 0 Å². The Hall–Kier alpha value is 0.412. The fraction of sp³-hybridized carbons (Fsp3) is 0. The van der Waals surface area contributed by atoms with Crippen LogP contribution in [0.2, 0.25) is 0 Å². The van der Waals surface area contributed by atoms with Crippen molar-refractivity contribution < 1.29 is 10.4 Å². The molecule has 0 rings (SSSR count). The van der Waals surface area contributed by atoms with Crippen LogP contribution in [0.25, 0.3) is 0 Å². The minimum absolute atomic E-state index is 0.0833. The zero-order valence-electron chi connectivity index (χ0n) is 1.92. The molecule has 0 atom stereocenters. The summed E-state index contributed by atoms with van der Waals surface area (Å²) in [6.07, 6.45) is 0. The Labute approximate surface area is 32.0 Å². The first-order valence-electron chi connectivity index (χ1n) is 0.658. The molecule has 0 radical (unpaired) electrons. The Bertz CT molecular complexity index is 10.8. The van der Waals surface area contributed by atoms with Crippen molar-refractivity contribution in [2.75, 3.05) is 0 Å². The molecule has 0 aromatic heterocycles. The average Bonchev–Trinajstić information content (AvgIpc) is 0.811. The maximum absolute atomic E-state index is 7.41. The van der Waals surface area contributed by atoms with Gasteiger partial charge in [0.1, 0.15) is 0 Å². The Morgan fingerprint density at radius 1 is 1.50 bits per heavy atom. The molecule has 0 fully saturated rings. The summed E-state index contributed by atoms with van der Waals surface area (Å²) in [7, 11) is 0. The van der Waals surface area contributed by atoms with Crippen LogP contribution < -0.4 is 0 Å². The summed E-state index contributed by atoms with van der Waals surface area (Å²) in [5.41, 5.74) is 0. The van der Waals surface area contributed by atoms with E-state index >= 15 is 0 Å². The van der Waals surface area contributed by atoms with Gasteiger partial charge in [-0.1, -0.05) is 0 Å². The zero-order chi connectivity index (χ0) is 3.58. The Kier molecular flexibility index (Phi) is 1.88. The van der Waals surface area contributed by atoms with Crippen molar-refractivity contribution in [3.05, 3.63) is 0 Å². The third-order valence-electron chi connectivity index (χ3n) is 0. The molecule has 0 amide bonds. The van der Waals surface area contributed by atoms with Crippen LogP contribution in [0, 0.1) is 0 Å². The maximum atomic E-state index is 7.41. The van der Waals surface area contributed by atoms with Crippen molar-refractivity contribution in [1.82, 2.24) is 4.21 Å². The van der Waals surface area contributed by atoms with Crippen LogP contribution in [0.4, 0.5) is 0 Å². The van der Waals surface area contributed by atoms with Gasteiger partial charge in [0.15, 0.2) is 0 Å². The van der Waals surface area contributed by atoms with Crippen molar-refractivity contribution >= 4 is 16.5 Å². The van der Waals surface area contributed by atoms with E-state index in [1.807, 2.05) is 0 Å². The molecule has 0 aromatic carbocycles. The molecule has 3 nitrogen and oxygen atoms in total. The Morgan fingerprint density at radius 2 is 1.50 bits per heavy atom. The molecule has 4 heteroatoms. The first kappa shape index (κ1) is 4.41. The van der Waals surface area contributed by atoms with Gasteiger partial charge in [0.25, 0.3) is 0 Å². The molecular formula is H2AlNO2+2. The van der Waals surface area contributed by atoms with Crippen molar-refractivity contribution in [1.29, 1.82) is 0 Å². The molecule has 0 aliphatic carbocycles. The predicted molar refractivity (Wildman–Crippen MR) is 11.2 cm³/mol. The van der Waals surface area contributed by atoms with E-state index in [1.165, 1.54) is 0 Å². The molecule has 20 valence electrons. The van der Waals surface area contributed by atoms with Gasteiger partial charge in [0.05, 0.1) is 0 Å². The van der Waals surface area contributed by atoms with Crippen LogP contribution in [0.3, 0.4) is 0 Å². The van der Waals surface area contributed by atoms with Crippen LogP contribution in [0.1, 0.15) is 0 Å². The molecule has 2 N–H and O–H groups in total. The monoisotopic (exact) mass is 75.0 g/mol. The van der Waals surface area contributed by atoms with Gasteiger partial charge in [-0.3, -0.25) is 0 Å². The SMILES string of the molecule is O[N](O)[Al+2]. The van der Waals surface area contributed by atoms with Crippen molar-refractivity contribution in [3.8, 4) is 0 Å². The second-order valence-electron chi connectivity index (χ2n) is 0.320. The molecule has 0 heterocycles. The van der Waals surface area contributed by atoms with Crippen LogP contribution in [-0.4, -0.2) is 31.1 Å². The zero-order valence-corrected chi connectivity index (χ0v) is 3.07. The number of hydrogen-bond donors (Lipinski definition) is 2. The van der Waals surface area contributed by atoms with Gasteiger partial charge < -0.3 is 0 Å². The van der Waals surface area contributed by atoms with Crippen LogP contribution in [0.5, 0.6) is 0 Å².